The quantitative estimate of drug-likeness (QED) is 0.822. The van der Waals surface area contributed by atoms with Crippen LogP contribution in [-0.2, 0) is 16.0 Å². The molecule has 1 N–H and O–H groups in total. The summed E-state index contributed by atoms with van der Waals surface area (Å²) in [4.78, 5) is 25.2. The van der Waals surface area contributed by atoms with Crippen molar-refractivity contribution < 1.29 is 18.3 Å². The van der Waals surface area contributed by atoms with Crippen LogP contribution in [0.4, 0.5) is 8.78 Å². The van der Waals surface area contributed by atoms with E-state index in [1.165, 1.54) is 6.92 Å². The fourth-order valence-corrected chi connectivity index (χ4v) is 1.43. The lowest BCUT2D eigenvalue weighted by molar-refractivity contribution is -0.142. The van der Waals surface area contributed by atoms with Crippen molar-refractivity contribution in [2.75, 3.05) is 6.61 Å². The van der Waals surface area contributed by atoms with Crippen LogP contribution in [0.2, 0.25) is 0 Å². The third-order valence-electron chi connectivity index (χ3n) is 2.23. The van der Waals surface area contributed by atoms with Gasteiger partial charge in [0.25, 0.3) is 6.43 Å². The lowest BCUT2D eigenvalue weighted by Gasteiger charge is -2.07. The number of alkyl halides is 2. The summed E-state index contributed by atoms with van der Waals surface area (Å²) >= 11 is 0. The first-order valence-corrected chi connectivity index (χ1v) is 5.12. The Balaban J connectivity index is 3.02. The molecule has 1 aromatic heterocycles. The van der Waals surface area contributed by atoms with Gasteiger partial charge in [-0.1, -0.05) is 0 Å². The van der Waals surface area contributed by atoms with Crippen LogP contribution in [0, 0.1) is 6.92 Å². The average molecular weight is 245 g/mol. The highest BCUT2D eigenvalue weighted by molar-refractivity contribution is 5.72. The number of pyridine rings is 1. The molecule has 0 saturated carbocycles. The fourth-order valence-electron chi connectivity index (χ4n) is 1.43. The van der Waals surface area contributed by atoms with Crippen LogP contribution in [0.3, 0.4) is 0 Å². The van der Waals surface area contributed by atoms with E-state index in [0.717, 1.165) is 6.07 Å². The number of hydrogen-bond acceptors (Lipinski definition) is 3. The van der Waals surface area contributed by atoms with Gasteiger partial charge in [-0.3, -0.25) is 9.59 Å². The molecule has 0 saturated heterocycles. The van der Waals surface area contributed by atoms with Gasteiger partial charge in [0.05, 0.1) is 18.7 Å². The van der Waals surface area contributed by atoms with E-state index in [2.05, 4.69) is 4.98 Å². The topological polar surface area (TPSA) is 59.2 Å². The normalized spacial score (nSPS) is 10.6. The molecule has 0 spiro atoms. The Bertz CT molecular complexity index is 468. The molecule has 1 rings (SSSR count). The second-order valence-electron chi connectivity index (χ2n) is 3.47. The zero-order valence-electron chi connectivity index (χ0n) is 9.55. The SMILES string of the molecule is CCOC(=O)Cc1c(C)[nH]c(C(F)F)cc1=O. The number of carbonyl (C=O) groups excluding carboxylic acids is 1. The van der Waals surface area contributed by atoms with Crippen LogP contribution in [0.1, 0.15) is 30.3 Å². The number of aromatic amines is 1. The number of rotatable bonds is 4. The minimum absolute atomic E-state index is 0.160. The number of esters is 1. The minimum atomic E-state index is -2.74. The van der Waals surface area contributed by atoms with Gasteiger partial charge in [-0.2, -0.15) is 0 Å². The number of halogens is 2. The Morgan fingerprint density at radius 2 is 2.18 bits per heavy atom. The van der Waals surface area contributed by atoms with Gasteiger partial charge in [-0.05, 0) is 13.8 Å². The Hall–Kier alpha value is -1.72. The molecule has 0 unspecified atom stereocenters. The van der Waals surface area contributed by atoms with Crippen molar-refractivity contribution in [1.29, 1.82) is 0 Å². The molecule has 1 heterocycles. The van der Waals surface area contributed by atoms with Gasteiger partial charge in [0.2, 0.25) is 0 Å². The van der Waals surface area contributed by atoms with Gasteiger partial charge < -0.3 is 9.72 Å². The standard InChI is InChI=1S/C11H13F2NO3/c1-3-17-10(16)4-7-6(2)14-8(11(12)13)5-9(7)15/h5,11H,3-4H2,1-2H3,(H,14,15). The Morgan fingerprint density at radius 3 is 2.65 bits per heavy atom. The molecule has 0 fully saturated rings. The maximum absolute atomic E-state index is 12.4. The third-order valence-corrected chi connectivity index (χ3v) is 2.23. The summed E-state index contributed by atoms with van der Waals surface area (Å²) in [6, 6.07) is 0.812. The molecule has 0 atom stereocenters. The van der Waals surface area contributed by atoms with Crippen LogP contribution in [0.5, 0.6) is 0 Å². The van der Waals surface area contributed by atoms with E-state index in [9.17, 15) is 18.4 Å². The lowest BCUT2D eigenvalue weighted by Crippen LogP contribution is -2.19. The number of nitrogens with one attached hydrogen (secondary N) is 1. The predicted molar refractivity (Wildman–Crippen MR) is 57.1 cm³/mol. The van der Waals surface area contributed by atoms with Crippen LogP contribution >= 0.6 is 0 Å². The summed E-state index contributed by atoms with van der Waals surface area (Å²) in [7, 11) is 0. The molecule has 1 aromatic rings. The van der Waals surface area contributed by atoms with E-state index < -0.39 is 23.5 Å². The monoisotopic (exact) mass is 245 g/mol. The van der Waals surface area contributed by atoms with Gasteiger partial charge >= 0.3 is 5.97 Å². The van der Waals surface area contributed by atoms with E-state index >= 15 is 0 Å². The molecule has 0 aromatic carbocycles. The molecule has 17 heavy (non-hydrogen) atoms. The number of ether oxygens (including phenoxy) is 1. The van der Waals surface area contributed by atoms with Gasteiger partial charge in [0, 0.05) is 17.3 Å². The summed E-state index contributed by atoms with van der Waals surface area (Å²) < 4.78 is 29.5. The number of carbonyl (C=O) groups is 1. The van der Waals surface area contributed by atoms with Crippen molar-refractivity contribution in [3.63, 3.8) is 0 Å². The second kappa shape index (κ2) is 5.56. The van der Waals surface area contributed by atoms with Crippen LogP contribution < -0.4 is 5.43 Å². The van der Waals surface area contributed by atoms with E-state index in [1.54, 1.807) is 6.92 Å². The summed E-state index contributed by atoms with van der Waals surface area (Å²) in [5.41, 5.74) is -0.599. The van der Waals surface area contributed by atoms with E-state index in [4.69, 9.17) is 4.74 Å². The molecule has 0 bridgehead atoms. The summed E-state index contributed by atoms with van der Waals surface area (Å²) in [6.45, 7) is 3.33. The summed E-state index contributed by atoms with van der Waals surface area (Å²) in [5.74, 6) is -0.550. The highest BCUT2D eigenvalue weighted by atomic mass is 19.3. The van der Waals surface area contributed by atoms with Gasteiger partial charge in [-0.25, -0.2) is 8.78 Å². The minimum Gasteiger partial charge on any atom is -0.466 e. The lowest BCUT2D eigenvalue weighted by atomic mass is 10.1. The molecule has 0 aliphatic rings. The molecule has 0 aliphatic heterocycles. The van der Waals surface area contributed by atoms with Crippen molar-refractivity contribution in [3.05, 3.63) is 33.2 Å². The molecule has 0 aliphatic carbocycles. The molecular weight excluding hydrogens is 232 g/mol. The third kappa shape index (κ3) is 3.37. The van der Waals surface area contributed by atoms with Crippen molar-refractivity contribution in [1.82, 2.24) is 4.98 Å². The number of aromatic nitrogens is 1. The average Bonchev–Trinajstić information content (AvgIpc) is 2.23. The summed E-state index contributed by atoms with van der Waals surface area (Å²) in [6.07, 6.45) is -2.95. The Kier molecular flexibility index (Phi) is 4.37. The molecule has 0 amide bonds. The smallest absolute Gasteiger partial charge is 0.310 e. The molecule has 6 heteroatoms. The fraction of sp³-hybridized carbons (Fsp3) is 0.455. The zero-order valence-corrected chi connectivity index (χ0v) is 9.55. The molecular formula is C11H13F2NO3. The van der Waals surface area contributed by atoms with Gasteiger partial charge in [0.15, 0.2) is 5.43 Å². The number of H-pyrrole nitrogens is 1. The molecule has 0 radical (unpaired) electrons. The first-order valence-electron chi connectivity index (χ1n) is 5.12. The van der Waals surface area contributed by atoms with Crippen LogP contribution in [0.25, 0.3) is 0 Å². The van der Waals surface area contributed by atoms with Gasteiger partial charge in [0.1, 0.15) is 0 Å². The van der Waals surface area contributed by atoms with Crippen LogP contribution in [0.15, 0.2) is 10.9 Å². The maximum atomic E-state index is 12.4. The Morgan fingerprint density at radius 1 is 1.53 bits per heavy atom. The second-order valence-corrected chi connectivity index (χ2v) is 3.47. The highest BCUT2D eigenvalue weighted by Gasteiger charge is 2.15. The van der Waals surface area contributed by atoms with Crippen LogP contribution in [-0.4, -0.2) is 17.6 Å². The Labute approximate surface area is 96.6 Å². The molecule has 4 nitrogen and oxygen atoms in total. The van der Waals surface area contributed by atoms with E-state index in [0.29, 0.717) is 0 Å². The van der Waals surface area contributed by atoms with Gasteiger partial charge in [-0.15, -0.1) is 0 Å². The maximum Gasteiger partial charge on any atom is 0.310 e. The summed E-state index contributed by atoms with van der Waals surface area (Å²) in [5, 5.41) is 0. The first kappa shape index (κ1) is 13.3. The van der Waals surface area contributed by atoms with Crippen molar-refractivity contribution >= 4 is 5.97 Å². The molecule has 94 valence electrons. The van der Waals surface area contributed by atoms with Crippen molar-refractivity contribution in [2.45, 2.75) is 26.7 Å². The largest absolute Gasteiger partial charge is 0.466 e. The number of aryl methyl sites for hydroxylation is 1. The van der Waals surface area contributed by atoms with E-state index in [1.807, 2.05) is 0 Å². The van der Waals surface area contributed by atoms with Crippen molar-refractivity contribution in [2.24, 2.45) is 0 Å². The predicted octanol–water partition coefficient (Wildman–Crippen LogP) is 1.73. The number of hydrogen-bond donors (Lipinski definition) is 1. The van der Waals surface area contributed by atoms with Crippen molar-refractivity contribution in [3.8, 4) is 0 Å². The highest BCUT2D eigenvalue weighted by Crippen LogP contribution is 2.15. The van der Waals surface area contributed by atoms with E-state index in [-0.39, 0.29) is 24.3 Å². The zero-order chi connectivity index (χ0) is 13.0. The first-order chi connectivity index (χ1) is 7.95.